The Bertz CT molecular complexity index is 717. The van der Waals surface area contributed by atoms with E-state index in [9.17, 15) is 14.7 Å². The summed E-state index contributed by atoms with van der Waals surface area (Å²) in [5, 5.41) is 20.3. The largest absolute Gasteiger partial charge is 0.480 e. The van der Waals surface area contributed by atoms with Gasteiger partial charge in [0, 0.05) is 31.7 Å². The van der Waals surface area contributed by atoms with Gasteiger partial charge in [0.25, 0.3) is 0 Å². The number of amides is 1. The molecule has 2 atom stereocenters. The van der Waals surface area contributed by atoms with E-state index in [2.05, 4.69) is 21.5 Å². The first-order valence-corrected chi connectivity index (χ1v) is 7.98. The lowest BCUT2D eigenvalue weighted by Gasteiger charge is -2.14. The van der Waals surface area contributed by atoms with Gasteiger partial charge in [-0.05, 0) is 12.0 Å². The number of hydrogen-bond acceptors (Lipinski definition) is 4. The number of carbonyl (C=O) groups is 2. The second-order valence-corrected chi connectivity index (χ2v) is 6.34. The minimum absolute atomic E-state index is 0.276. The van der Waals surface area contributed by atoms with Gasteiger partial charge in [0.1, 0.15) is 0 Å². The first-order chi connectivity index (χ1) is 11.5. The van der Waals surface area contributed by atoms with Crippen LogP contribution in [0.5, 0.6) is 0 Å². The molecule has 6 nitrogen and oxygen atoms in total. The van der Waals surface area contributed by atoms with Gasteiger partial charge in [0.05, 0.1) is 0 Å². The Morgan fingerprint density at radius 2 is 2.00 bits per heavy atom. The van der Waals surface area contributed by atoms with Crippen molar-refractivity contribution in [3.63, 3.8) is 0 Å². The highest BCUT2D eigenvalue weighted by Gasteiger charge is 2.66. The summed E-state index contributed by atoms with van der Waals surface area (Å²) in [4.78, 5) is 24.2. The second-order valence-electron chi connectivity index (χ2n) is 6.34. The Kier molecular flexibility index (Phi) is 4.10. The molecular formula is C18H19N3O3. The highest BCUT2D eigenvalue weighted by atomic mass is 16.4. The number of carbonyl (C=O) groups excluding carboxylic acids is 1. The van der Waals surface area contributed by atoms with Crippen LogP contribution in [0.1, 0.15) is 37.2 Å². The van der Waals surface area contributed by atoms with E-state index in [4.69, 9.17) is 6.42 Å². The van der Waals surface area contributed by atoms with Crippen molar-refractivity contribution >= 4 is 11.9 Å². The van der Waals surface area contributed by atoms with Crippen LogP contribution in [0.3, 0.4) is 0 Å². The lowest BCUT2D eigenvalue weighted by atomic mass is 9.97. The molecule has 0 saturated heterocycles. The lowest BCUT2D eigenvalue weighted by molar-refractivity contribution is -0.149. The Labute approximate surface area is 140 Å². The van der Waals surface area contributed by atoms with E-state index in [1.165, 1.54) is 0 Å². The molecule has 1 aliphatic heterocycles. The minimum Gasteiger partial charge on any atom is -0.480 e. The highest BCUT2D eigenvalue weighted by Crippen LogP contribution is 2.59. The summed E-state index contributed by atoms with van der Waals surface area (Å²) in [5.74, 6) is 0.769. The van der Waals surface area contributed by atoms with Gasteiger partial charge < -0.3 is 10.4 Å². The third kappa shape index (κ3) is 2.90. The van der Waals surface area contributed by atoms with Crippen LogP contribution in [0, 0.1) is 17.8 Å². The summed E-state index contributed by atoms with van der Waals surface area (Å²) in [7, 11) is 0. The van der Waals surface area contributed by atoms with E-state index in [1.54, 1.807) is 0 Å². The fraction of sp³-hybridized carbons (Fsp3) is 0.444. The Morgan fingerprint density at radius 3 is 2.58 bits per heavy atom. The molecule has 1 amide bonds. The number of benzene rings is 1. The molecule has 2 aliphatic rings. The van der Waals surface area contributed by atoms with Gasteiger partial charge in [-0.25, -0.2) is 0 Å². The molecule has 0 bridgehead atoms. The number of aliphatic carboxylic acids is 1. The van der Waals surface area contributed by atoms with Gasteiger partial charge in [0.15, 0.2) is 11.1 Å². The molecule has 124 valence electrons. The number of carboxylic acid groups (broad SMARTS) is 1. The molecule has 1 saturated carbocycles. The predicted octanol–water partition coefficient (Wildman–Crippen LogP) is 2.33. The zero-order valence-corrected chi connectivity index (χ0v) is 13.2. The van der Waals surface area contributed by atoms with Crippen LogP contribution >= 0.6 is 0 Å². The molecule has 3 rings (SSSR count). The van der Waals surface area contributed by atoms with E-state index in [-0.39, 0.29) is 5.92 Å². The molecule has 1 aromatic carbocycles. The molecule has 2 N–H and O–H groups in total. The number of nitrogens with zero attached hydrogens (tertiary/aromatic N) is 2. The number of rotatable bonds is 8. The monoisotopic (exact) mass is 325 g/mol. The molecule has 6 heteroatoms. The molecule has 0 aromatic heterocycles. The number of carboxylic acids is 1. The molecule has 24 heavy (non-hydrogen) atoms. The van der Waals surface area contributed by atoms with Crippen molar-refractivity contribution in [3.8, 4) is 12.3 Å². The standard InChI is InChI=1S/C18H19N3O3/c1-2-3-9-17(20-21-17)10-11-19-15(22)18(16(23)24)12-14(18)13-7-5-4-6-8-13/h1,4-8,14H,3,9-12H2,(H,19,22)(H,23,24). The zero-order chi connectivity index (χ0) is 17.2. The summed E-state index contributed by atoms with van der Waals surface area (Å²) >= 11 is 0. The highest BCUT2D eigenvalue weighted by molar-refractivity contribution is 6.06. The van der Waals surface area contributed by atoms with Crippen LogP contribution < -0.4 is 5.32 Å². The quantitative estimate of drug-likeness (QED) is 0.567. The van der Waals surface area contributed by atoms with Gasteiger partial charge in [-0.1, -0.05) is 30.3 Å². The van der Waals surface area contributed by atoms with Gasteiger partial charge in [-0.2, -0.15) is 10.2 Å². The van der Waals surface area contributed by atoms with Crippen molar-refractivity contribution in [1.29, 1.82) is 0 Å². The third-order valence-electron chi connectivity index (χ3n) is 4.81. The fourth-order valence-electron chi connectivity index (χ4n) is 3.14. The van der Waals surface area contributed by atoms with Crippen molar-refractivity contribution in [2.75, 3.05) is 6.54 Å². The van der Waals surface area contributed by atoms with E-state index in [1.807, 2.05) is 30.3 Å². The SMILES string of the molecule is C#CCCC1(CCNC(=O)C2(C(=O)O)CC2c2ccccc2)N=N1. The minimum atomic E-state index is -1.36. The maximum Gasteiger partial charge on any atom is 0.319 e. The summed E-state index contributed by atoms with van der Waals surface area (Å²) in [5.41, 5.74) is -0.948. The lowest BCUT2D eigenvalue weighted by Crippen LogP contribution is -2.39. The topological polar surface area (TPSA) is 91.1 Å². The van der Waals surface area contributed by atoms with Crippen LogP contribution in [0.2, 0.25) is 0 Å². The van der Waals surface area contributed by atoms with Crippen molar-refractivity contribution in [3.05, 3.63) is 35.9 Å². The van der Waals surface area contributed by atoms with Crippen LogP contribution in [-0.2, 0) is 9.59 Å². The molecular weight excluding hydrogens is 306 g/mol. The van der Waals surface area contributed by atoms with Crippen molar-refractivity contribution in [2.45, 2.75) is 37.3 Å². The first-order valence-electron chi connectivity index (χ1n) is 7.98. The average molecular weight is 325 g/mol. The van der Waals surface area contributed by atoms with Crippen molar-refractivity contribution < 1.29 is 14.7 Å². The smallest absolute Gasteiger partial charge is 0.319 e. The summed E-state index contributed by atoms with van der Waals surface area (Å²) < 4.78 is 0. The molecule has 1 aliphatic carbocycles. The number of hydrogen-bond donors (Lipinski definition) is 2. The normalized spacial score (nSPS) is 25.5. The van der Waals surface area contributed by atoms with Gasteiger partial charge in [-0.3, -0.25) is 9.59 Å². The Balaban J connectivity index is 1.57. The maximum absolute atomic E-state index is 12.5. The number of nitrogens with one attached hydrogen (secondary N) is 1. The van der Waals surface area contributed by atoms with Crippen LogP contribution in [0.4, 0.5) is 0 Å². The summed E-state index contributed by atoms with van der Waals surface area (Å²) in [6, 6.07) is 9.29. The number of terminal acetylenes is 1. The predicted molar refractivity (Wildman–Crippen MR) is 87.1 cm³/mol. The van der Waals surface area contributed by atoms with Crippen molar-refractivity contribution in [1.82, 2.24) is 5.32 Å². The van der Waals surface area contributed by atoms with Crippen LogP contribution in [0.25, 0.3) is 0 Å². The van der Waals surface area contributed by atoms with Crippen LogP contribution in [0.15, 0.2) is 40.6 Å². The maximum atomic E-state index is 12.5. The molecule has 1 aromatic rings. The van der Waals surface area contributed by atoms with Crippen molar-refractivity contribution in [2.24, 2.45) is 15.6 Å². The van der Waals surface area contributed by atoms with Crippen LogP contribution in [-0.4, -0.2) is 29.2 Å². The second kappa shape index (κ2) is 6.08. The summed E-state index contributed by atoms with van der Waals surface area (Å²) in [6.07, 6.45) is 7.36. The first kappa shape index (κ1) is 16.2. The summed E-state index contributed by atoms with van der Waals surface area (Å²) in [6.45, 7) is 0.340. The molecule has 0 spiro atoms. The molecule has 1 fully saturated rings. The Hall–Kier alpha value is -2.68. The van der Waals surface area contributed by atoms with E-state index >= 15 is 0 Å². The average Bonchev–Trinajstić information content (AvgIpc) is 3.48. The van der Waals surface area contributed by atoms with E-state index < -0.39 is 23.0 Å². The zero-order valence-electron chi connectivity index (χ0n) is 13.2. The van der Waals surface area contributed by atoms with Gasteiger partial charge in [0.2, 0.25) is 5.91 Å². The molecule has 2 unspecified atom stereocenters. The van der Waals surface area contributed by atoms with E-state index in [0.29, 0.717) is 32.2 Å². The van der Waals surface area contributed by atoms with E-state index in [0.717, 1.165) is 5.56 Å². The molecule has 0 radical (unpaired) electrons. The molecule has 1 heterocycles. The third-order valence-corrected chi connectivity index (χ3v) is 4.81. The fourth-order valence-corrected chi connectivity index (χ4v) is 3.14. The Morgan fingerprint density at radius 1 is 1.29 bits per heavy atom. The van der Waals surface area contributed by atoms with Gasteiger partial charge >= 0.3 is 5.97 Å². The van der Waals surface area contributed by atoms with Gasteiger partial charge in [-0.15, -0.1) is 12.3 Å².